The van der Waals surface area contributed by atoms with E-state index >= 15 is 0 Å². The minimum Gasteiger partial charge on any atom is -0.399 e. The van der Waals surface area contributed by atoms with E-state index in [0.29, 0.717) is 11.4 Å². The maximum Gasteiger partial charge on any atom is 0.178 e. The highest BCUT2D eigenvalue weighted by Gasteiger charge is 2.10. The van der Waals surface area contributed by atoms with Crippen LogP contribution < -0.4 is 11.1 Å². The van der Waals surface area contributed by atoms with Crippen LogP contribution >= 0.6 is 0 Å². The molecular weight excluding hydrogens is 272 g/mol. The molecule has 106 valence electrons. The molecule has 2 aromatic carbocycles. The van der Waals surface area contributed by atoms with Crippen molar-refractivity contribution in [3.05, 3.63) is 54.1 Å². The molecule has 0 fully saturated rings. The summed E-state index contributed by atoms with van der Waals surface area (Å²) in [5.74, 6) is 0.114. The Morgan fingerprint density at radius 2 is 1.80 bits per heavy atom. The molecule has 2 aromatic rings. The van der Waals surface area contributed by atoms with E-state index in [9.17, 15) is 8.42 Å². The summed E-state index contributed by atoms with van der Waals surface area (Å²) in [4.78, 5) is 0.356. The summed E-state index contributed by atoms with van der Waals surface area (Å²) < 4.78 is 23.4. The summed E-state index contributed by atoms with van der Waals surface area (Å²) in [6.45, 7) is 2.28. The molecule has 4 nitrogen and oxygen atoms in total. The molecule has 0 aliphatic carbocycles. The summed E-state index contributed by atoms with van der Waals surface area (Å²) >= 11 is 0. The van der Waals surface area contributed by atoms with Gasteiger partial charge in [-0.3, -0.25) is 0 Å². The molecule has 20 heavy (non-hydrogen) atoms. The zero-order chi connectivity index (χ0) is 14.6. The van der Waals surface area contributed by atoms with Gasteiger partial charge in [-0.05, 0) is 42.0 Å². The lowest BCUT2D eigenvalue weighted by molar-refractivity contribution is 0.597. The quantitative estimate of drug-likeness (QED) is 0.830. The monoisotopic (exact) mass is 290 g/mol. The van der Waals surface area contributed by atoms with Crippen LogP contribution in [0.3, 0.4) is 0 Å². The fourth-order valence-corrected chi connectivity index (χ4v) is 2.74. The highest BCUT2D eigenvalue weighted by atomic mass is 32.2. The van der Waals surface area contributed by atoms with Crippen molar-refractivity contribution in [2.75, 3.05) is 16.8 Å². The minimum absolute atomic E-state index is 0.114. The second-order valence-electron chi connectivity index (χ2n) is 4.53. The SMILES string of the molecule is CCS(=O)(=O)c1ccc(NCc2cccc(N)c2)cc1. The number of nitrogen functional groups attached to an aromatic ring is 1. The van der Waals surface area contributed by atoms with Crippen molar-refractivity contribution in [2.24, 2.45) is 0 Å². The van der Waals surface area contributed by atoms with Gasteiger partial charge in [-0.15, -0.1) is 0 Å². The van der Waals surface area contributed by atoms with Crippen LogP contribution in [-0.4, -0.2) is 14.2 Å². The topological polar surface area (TPSA) is 72.2 Å². The smallest absolute Gasteiger partial charge is 0.178 e. The minimum atomic E-state index is -3.13. The van der Waals surface area contributed by atoms with E-state index in [-0.39, 0.29) is 5.75 Å². The zero-order valence-electron chi connectivity index (χ0n) is 11.3. The van der Waals surface area contributed by atoms with Crippen LogP contribution in [0.5, 0.6) is 0 Å². The number of benzene rings is 2. The van der Waals surface area contributed by atoms with Gasteiger partial charge in [0.1, 0.15) is 0 Å². The van der Waals surface area contributed by atoms with E-state index in [2.05, 4.69) is 5.32 Å². The van der Waals surface area contributed by atoms with Gasteiger partial charge in [0.15, 0.2) is 9.84 Å². The lowest BCUT2D eigenvalue weighted by atomic mass is 10.2. The number of sulfone groups is 1. The Morgan fingerprint density at radius 1 is 1.10 bits per heavy atom. The van der Waals surface area contributed by atoms with Gasteiger partial charge in [0.2, 0.25) is 0 Å². The van der Waals surface area contributed by atoms with Crippen LogP contribution in [0.4, 0.5) is 11.4 Å². The fraction of sp³-hybridized carbons (Fsp3) is 0.200. The van der Waals surface area contributed by atoms with E-state index < -0.39 is 9.84 Å². The highest BCUT2D eigenvalue weighted by Crippen LogP contribution is 2.16. The number of nitrogens with one attached hydrogen (secondary N) is 1. The summed E-state index contributed by atoms with van der Waals surface area (Å²) in [7, 11) is -3.13. The van der Waals surface area contributed by atoms with Crippen molar-refractivity contribution >= 4 is 21.2 Å². The predicted octanol–water partition coefficient (Wildman–Crippen LogP) is 2.67. The van der Waals surface area contributed by atoms with Gasteiger partial charge in [-0.2, -0.15) is 0 Å². The van der Waals surface area contributed by atoms with Crippen molar-refractivity contribution in [3.63, 3.8) is 0 Å². The van der Waals surface area contributed by atoms with E-state index in [1.165, 1.54) is 0 Å². The van der Waals surface area contributed by atoms with Crippen LogP contribution in [0, 0.1) is 0 Å². The molecule has 0 bridgehead atoms. The number of nitrogens with two attached hydrogens (primary N) is 1. The van der Waals surface area contributed by atoms with Crippen LogP contribution in [0.2, 0.25) is 0 Å². The molecule has 0 unspecified atom stereocenters. The molecule has 0 aromatic heterocycles. The largest absolute Gasteiger partial charge is 0.399 e. The third-order valence-corrected chi connectivity index (χ3v) is 4.79. The average Bonchev–Trinajstić information content (AvgIpc) is 2.46. The van der Waals surface area contributed by atoms with Gasteiger partial charge >= 0.3 is 0 Å². The molecule has 3 N–H and O–H groups in total. The third kappa shape index (κ3) is 3.51. The maximum atomic E-state index is 11.7. The second-order valence-corrected chi connectivity index (χ2v) is 6.80. The molecule has 0 aliphatic rings. The first-order chi connectivity index (χ1) is 9.51. The molecular formula is C15H18N2O2S. The van der Waals surface area contributed by atoms with Crippen molar-refractivity contribution in [1.29, 1.82) is 0 Å². The second kappa shape index (κ2) is 5.96. The molecule has 0 amide bonds. The van der Waals surface area contributed by atoms with Crippen molar-refractivity contribution in [3.8, 4) is 0 Å². The molecule has 0 aliphatic heterocycles. The first-order valence-electron chi connectivity index (χ1n) is 6.42. The van der Waals surface area contributed by atoms with Crippen molar-refractivity contribution in [2.45, 2.75) is 18.4 Å². The molecule has 2 rings (SSSR count). The first kappa shape index (κ1) is 14.4. The van der Waals surface area contributed by atoms with Gasteiger partial charge in [-0.1, -0.05) is 19.1 Å². The van der Waals surface area contributed by atoms with Gasteiger partial charge in [0.05, 0.1) is 10.6 Å². The molecule has 0 heterocycles. The van der Waals surface area contributed by atoms with E-state index in [1.54, 1.807) is 31.2 Å². The number of rotatable bonds is 5. The lowest BCUT2D eigenvalue weighted by Crippen LogP contribution is -2.04. The van der Waals surface area contributed by atoms with Crippen LogP contribution in [-0.2, 0) is 16.4 Å². The lowest BCUT2D eigenvalue weighted by Gasteiger charge is -2.08. The number of anilines is 2. The third-order valence-electron chi connectivity index (χ3n) is 3.04. The van der Waals surface area contributed by atoms with Crippen LogP contribution in [0.15, 0.2) is 53.4 Å². The van der Waals surface area contributed by atoms with Gasteiger partial charge < -0.3 is 11.1 Å². The summed E-state index contributed by atoms with van der Waals surface area (Å²) in [6, 6.07) is 14.4. The Labute approximate surface area is 119 Å². The Hall–Kier alpha value is -2.01. The Balaban J connectivity index is 2.05. The molecule has 5 heteroatoms. The summed E-state index contributed by atoms with van der Waals surface area (Å²) in [5, 5.41) is 3.23. The van der Waals surface area contributed by atoms with E-state index in [4.69, 9.17) is 5.73 Å². The standard InChI is InChI=1S/C15H18N2O2S/c1-2-20(18,19)15-8-6-14(7-9-15)17-11-12-4-3-5-13(16)10-12/h3-10,17H,2,11,16H2,1H3. The van der Waals surface area contributed by atoms with Gasteiger partial charge in [-0.25, -0.2) is 8.42 Å². The summed E-state index contributed by atoms with van der Waals surface area (Å²) in [6.07, 6.45) is 0. The molecule has 0 radical (unpaired) electrons. The Morgan fingerprint density at radius 3 is 2.40 bits per heavy atom. The van der Waals surface area contributed by atoms with Crippen molar-refractivity contribution in [1.82, 2.24) is 0 Å². The molecule has 0 saturated heterocycles. The number of hydrogen-bond donors (Lipinski definition) is 2. The van der Waals surface area contributed by atoms with Crippen LogP contribution in [0.1, 0.15) is 12.5 Å². The fourth-order valence-electron chi connectivity index (χ4n) is 1.85. The maximum absolute atomic E-state index is 11.7. The number of hydrogen-bond acceptors (Lipinski definition) is 4. The zero-order valence-corrected chi connectivity index (χ0v) is 12.2. The van der Waals surface area contributed by atoms with Crippen LogP contribution in [0.25, 0.3) is 0 Å². The first-order valence-corrected chi connectivity index (χ1v) is 8.07. The highest BCUT2D eigenvalue weighted by molar-refractivity contribution is 7.91. The average molecular weight is 290 g/mol. The van der Waals surface area contributed by atoms with Gasteiger partial charge in [0, 0.05) is 17.9 Å². The Kier molecular flexibility index (Phi) is 4.29. The molecule has 0 spiro atoms. The van der Waals surface area contributed by atoms with Gasteiger partial charge in [0.25, 0.3) is 0 Å². The van der Waals surface area contributed by atoms with E-state index in [1.807, 2.05) is 24.3 Å². The van der Waals surface area contributed by atoms with E-state index in [0.717, 1.165) is 16.9 Å². The normalized spacial score (nSPS) is 11.2. The molecule has 0 saturated carbocycles. The molecule has 0 atom stereocenters. The summed E-state index contributed by atoms with van der Waals surface area (Å²) in [5.41, 5.74) is 8.40. The van der Waals surface area contributed by atoms with Crippen molar-refractivity contribution < 1.29 is 8.42 Å². The Bertz CT molecular complexity index is 679. The predicted molar refractivity (Wildman–Crippen MR) is 82.3 cm³/mol.